The lowest BCUT2D eigenvalue weighted by molar-refractivity contribution is 0.0861. The number of sulfonamides is 1. The van der Waals surface area contributed by atoms with Crippen LogP contribution >= 0.6 is 0 Å². The molecular formula is C24H22N2O4S. The van der Waals surface area contributed by atoms with Crippen molar-refractivity contribution in [3.05, 3.63) is 95.6 Å². The van der Waals surface area contributed by atoms with Crippen molar-refractivity contribution in [2.45, 2.75) is 31.3 Å². The van der Waals surface area contributed by atoms with Crippen LogP contribution in [0.4, 0.5) is 5.69 Å². The minimum absolute atomic E-state index is 0.00287. The van der Waals surface area contributed by atoms with Gasteiger partial charge in [-0.1, -0.05) is 48.5 Å². The number of carbonyl (C=O) groups is 2. The van der Waals surface area contributed by atoms with Crippen molar-refractivity contribution >= 4 is 27.5 Å². The molecule has 31 heavy (non-hydrogen) atoms. The van der Waals surface area contributed by atoms with E-state index in [1.807, 2.05) is 44.2 Å². The summed E-state index contributed by atoms with van der Waals surface area (Å²) in [4.78, 5) is 28.0. The Morgan fingerprint density at radius 2 is 1.52 bits per heavy atom. The standard InChI is InChI=1S/C24H22N2O4S/c1-17(2)26(19-11-4-3-5-12-19)24(28)20-13-7-6-10-18(20)16-25-23(27)21-14-8-9-15-22(21)31(25,29)30/h3-15,17H,16H2,1-2H3. The number of carbonyl (C=O) groups excluding carboxylic acids is 2. The molecule has 158 valence electrons. The second-order valence-corrected chi connectivity index (χ2v) is 9.41. The Morgan fingerprint density at radius 1 is 0.903 bits per heavy atom. The van der Waals surface area contributed by atoms with Gasteiger partial charge in [0.1, 0.15) is 4.90 Å². The average molecular weight is 435 g/mol. The second-order valence-electron chi connectivity index (χ2n) is 7.57. The SMILES string of the molecule is CC(C)N(C(=O)c1ccccc1CN1C(=O)c2ccccc2S1(=O)=O)c1ccccc1. The van der Waals surface area contributed by atoms with Crippen molar-refractivity contribution in [2.75, 3.05) is 4.90 Å². The van der Waals surface area contributed by atoms with E-state index in [1.165, 1.54) is 12.1 Å². The number of rotatable bonds is 5. The van der Waals surface area contributed by atoms with Gasteiger partial charge in [-0.2, -0.15) is 0 Å². The first-order valence-electron chi connectivity index (χ1n) is 9.95. The summed E-state index contributed by atoms with van der Waals surface area (Å²) in [5.74, 6) is -0.833. The van der Waals surface area contributed by atoms with Crippen LogP contribution in [-0.2, 0) is 16.6 Å². The third kappa shape index (κ3) is 3.61. The van der Waals surface area contributed by atoms with Crippen molar-refractivity contribution in [2.24, 2.45) is 0 Å². The van der Waals surface area contributed by atoms with Crippen LogP contribution in [0.15, 0.2) is 83.8 Å². The molecule has 3 aromatic rings. The highest BCUT2D eigenvalue weighted by Crippen LogP contribution is 2.32. The molecule has 0 saturated heterocycles. The molecule has 0 aliphatic carbocycles. The molecule has 1 aliphatic heterocycles. The highest BCUT2D eigenvalue weighted by Gasteiger charge is 2.41. The van der Waals surface area contributed by atoms with Gasteiger partial charge in [-0.15, -0.1) is 0 Å². The molecule has 0 unspecified atom stereocenters. The van der Waals surface area contributed by atoms with Gasteiger partial charge >= 0.3 is 0 Å². The van der Waals surface area contributed by atoms with E-state index in [-0.39, 0.29) is 29.0 Å². The van der Waals surface area contributed by atoms with Gasteiger partial charge in [0.25, 0.3) is 21.8 Å². The van der Waals surface area contributed by atoms with E-state index in [0.29, 0.717) is 11.1 Å². The minimum atomic E-state index is -3.97. The first-order chi connectivity index (χ1) is 14.8. The van der Waals surface area contributed by atoms with E-state index in [0.717, 1.165) is 9.99 Å². The molecule has 2 amide bonds. The molecule has 0 radical (unpaired) electrons. The van der Waals surface area contributed by atoms with Gasteiger partial charge in [0.2, 0.25) is 0 Å². The third-order valence-corrected chi connectivity index (χ3v) is 7.03. The zero-order valence-corrected chi connectivity index (χ0v) is 18.0. The van der Waals surface area contributed by atoms with Crippen LogP contribution in [0.3, 0.4) is 0 Å². The molecule has 0 bridgehead atoms. The maximum Gasteiger partial charge on any atom is 0.269 e. The molecule has 7 heteroatoms. The Labute approximate surface area is 181 Å². The summed E-state index contributed by atoms with van der Waals surface area (Å²) in [6.45, 7) is 3.62. The fourth-order valence-corrected chi connectivity index (χ4v) is 5.32. The lowest BCUT2D eigenvalue weighted by Crippen LogP contribution is -2.38. The maximum absolute atomic E-state index is 13.5. The van der Waals surface area contributed by atoms with Crippen LogP contribution in [-0.4, -0.2) is 30.6 Å². The molecule has 6 nitrogen and oxygen atoms in total. The van der Waals surface area contributed by atoms with Gasteiger partial charge in [-0.25, -0.2) is 12.7 Å². The van der Waals surface area contributed by atoms with Gasteiger partial charge in [0.15, 0.2) is 0 Å². The lowest BCUT2D eigenvalue weighted by atomic mass is 10.0. The fraction of sp³-hybridized carbons (Fsp3) is 0.167. The summed E-state index contributed by atoms with van der Waals surface area (Å²) in [7, 11) is -3.97. The molecule has 3 aromatic carbocycles. The number of amides is 2. The largest absolute Gasteiger partial charge is 0.306 e. The van der Waals surface area contributed by atoms with Crippen LogP contribution in [0.25, 0.3) is 0 Å². The Morgan fingerprint density at radius 3 is 2.19 bits per heavy atom. The van der Waals surface area contributed by atoms with Crippen LogP contribution in [0.2, 0.25) is 0 Å². The molecule has 0 aromatic heterocycles. The van der Waals surface area contributed by atoms with Gasteiger partial charge in [0, 0.05) is 17.3 Å². The molecular weight excluding hydrogens is 412 g/mol. The quantitative estimate of drug-likeness (QED) is 0.606. The number of hydrogen-bond acceptors (Lipinski definition) is 4. The number of fused-ring (bicyclic) bond motifs is 1. The van der Waals surface area contributed by atoms with Gasteiger partial charge in [-0.3, -0.25) is 9.59 Å². The molecule has 1 heterocycles. The highest BCUT2D eigenvalue weighted by molar-refractivity contribution is 7.90. The lowest BCUT2D eigenvalue weighted by Gasteiger charge is -2.28. The van der Waals surface area contributed by atoms with E-state index in [1.54, 1.807) is 41.3 Å². The van der Waals surface area contributed by atoms with E-state index >= 15 is 0 Å². The van der Waals surface area contributed by atoms with Crippen molar-refractivity contribution in [3.63, 3.8) is 0 Å². The topological polar surface area (TPSA) is 74.8 Å². The summed E-state index contributed by atoms with van der Waals surface area (Å²) in [6.07, 6.45) is 0. The van der Waals surface area contributed by atoms with E-state index < -0.39 is 15.9 Å². The molecule has 0 N–H and O–H groups in total. The third-order valence-electron chi connectivity index (χ3n) is 5.24. The van der Waals surface area contributed by atoms with Crippen LogP contribution in [0.1, 0.15) is 40.1 Å². The van der Waals surface area contributed by atoms with Crippen molar-refractivity contribution < 1.29 is 18.0 Å². The molecule has 1 aliphatic rings. The predicted octanol–water partition coefficient (Wildman–Crippen LogP) is 4.09. The van der Waals surface area contributed by atoms with E-state index in [4.69, 9.17) is 0 Å². The normalized spacial score (nSPS) is 14.5. The van der Waals surface area contributed by atoms with Crippen LogP contribution < -0.4 is 4.90 Å². The first kappa shape index (κ1) is 20.8. The summed E-state index contributed by atoms with van der Waals surface area (Å²) in [5.41, 5.74) is 1.73. The number of para-hydroxylation sites is 1. The summed E-state index contributed by atoms with van der Waals surface area (Å²) >= 11 is 0. The highest BCUT2D eigenvalue weighted by atomic mass is 32.2. The summed E-state index contributed by atoms with van der Waals surface area (Å²) in [5, 5.41) is 0. The molecule has 0 spiro atoms. The fourth-order valence-electron chi connectivity index (χ4n) is 3.78. The zero-order valence-electron chi connectivity index (χ0n) is 17.2. The van der Waals surface area contributed by atoms with E-state index in [9.17, 15) is 18.0 Å². The number of hydrogen-bond donors (Lipinski definition) is 0. The Balaban J connectivity index is 1.72. The van der Waals surface area contributed by atoms with Crippen LogP contribution in [0, 0.1) is 0 Å². The Bertz CT molecular complexity index is 1250. The van der Waals surface area contributed by atoms with Crippen LogP contribution in [0.5, 0.6) is 0 Å². The Hall–Kier alpha value is -3.45. The smallest absolute Gasteiger partial charge is 0.269 e. The molecule has 0 fully saturated rings. The molecule has 0 saturated carbocycles. The summed E-state index contributed by atoms with van der Waals surface area (Å²) < 4.78 is 26.7. The van der Waals surface area contributed by atoms with E-state index in [2.05, 4.69) is 0 Å². The minimum Gasteiger partial charge on any atom is -0.306 e. The second kappa shape index (κ2) is 8.00. The monoisotopic (exact) mass is 434 g/mol. The van der Waals surface area contributed by atoms with Crippen molar-refractivity contribution in [1.29, 1.82) is 0 Å². The van der Waals surface area contributed by atoms with Gasteiger partial charge < -0.3 is 4.90 Å². The van der Waals surface area contributed by atoms with Gasteiger partial charge in [0.05, 0.1) is 12.1 Å². The number of anilines is 1. The molecule has 0 atom stereocenters. The predicted molar refractivity (Wildman–Crippen MR) is 118 cm³/mol. The number of benzene rings is 3. The average Bonchev–Trinajstić information content (AvgIpc) is 2.95. The van der Waals surface area contributed by atoms with Gasteiger partial charge in [-0.05, 0) is 49.7 Å². The van der Waals surface area contributed by atoms with Crippen molar-refractivity contribution in [3.8, 4) is 0 Å². The zero-order chi connectivity index (χ0) is 22.2. The maximum atomic E-state index is 13.5. The Kier molecular flexibility index (Phi) is 5.37. The first-order valence-corrected chi connectivity index (χ1v) is 11.4. The van der Waals surface area contributed by atoms with Crippen molar-refractivity contribution in [1.82, 2.24) is 4.31 Å². The summed E-state index contributed by atoms with van der Waals surface area (Å²) in [6, 6.07) is 22.1. The molecule has 4 rings (SSSR count). The number of nitrogens with zero attached hydrogens (tertiary/aromatic N) is 2.